The fourth-order valence-corrected chi connectivity index (χ4v) is 4.83. The molecule has 0 radical (unpaired) electrons. The highest BCUT2D eigenvalue weighted by Gasteiger charge is 2.25. The van der Waals surface area contributed by atoms with Gasteiger partial charge in [-0.15, -0.1) is 10.2 Å². The standard InChI is InChI=1S/C24H26N4OS/c1-4-12-26-21-10-9-18-19(21)6-5-7-20(18)24-28-27-23(30-24)16-8-11-22(29-15(2)3)17(13-16)14-25/h5-8,11,13,15,21,26H,4,9-10,12H2,1-3H3/t21-/m1/s1. The van der Waals surface area contributed by atoms with Crippen LogP contribution < -0.4 is 10.1 Å². The Bertz CT molecular complexity index is 1080. The minimum atomic E-state index is 0.0203. The lowest BCUT2D eigenvalue weighted by Gasteiger charge is -2.13. The average Bonchev–Trinajstić information content (AvgIpc) is 3.39. The van der Waals surface area contributed by atoms with Crippen LogP contribution in [-0.4, -0.2) is 22.8 Å². The fraction of sp³-hybridized carbons (Fsp3) is 0.375. The van der Waals surface area contributed by atoms with Crippen molar-refractivity contribution in [2.75, 3.05) is 6.54 Å². The van der Waals surface area contributed by atoms with E-state index in [9.17, 15) is 5.26 Å². The highest BCUT2D eigenvalue weighted by molar-refractivity contribution is 7.17. The molecule has 30 heavy (non-hydrogen) atoms. The van der Waals surface area contributed by atoms with E-state index in [-0.39, 0.29) is 6.10 Å². The van der Waals surface area contributed by atoms with Gasteiger partial charge in [-0.1, -0.05) is 36.5 Å². The summed E-state index contributed by atoms with van der Waals surface area (Å²) in [5.74, 6) is 0.604. The van der Waals surface area contributed by atoms with Crippen molar-refractivity contribution in [2.24, 2.45) is 0 Å². The van der Waals surface area contributed by atoms with Gasteiger partial charge < -0.3 is 10.1 Å². The number of ether oxygens (including phenoxy) is 1. The fourth-order valence-electron chi connectivity index (χ4n) is 3.94. The Morgan fingerprint density at radius 1 is 1.23 bits per heavy atom. The minimum Gasteiger partial charge on any atom is -0.490 e. The van der Waals surface area contributed by atoms with Gasteiger partial charge in [0.05, 0.1) is 11.7 Å². The van der Waals surface area contributed by atoms with Crippen molar-refractivity contribution < 1.29 is 4.74 Å². The molecule has 1 heterocycles. The van der Waals surface area contributed by atoms with Crippen molar-refractivity contribution in [3.05, 3.63) is 53.1 Å². The van der Waals surface area contributed by atoms with Crippen molar-refractivity contribution in [3.63, 3.8) is 0 Å². The molecule has 1 N–H and O–H groups in total. The molecule has 0 unspecified atom stereocenters. The predicted molar refractivity (Wildman–Crippen MR) is 121 cm³/mol. The van der Waals surface area contributed by atoms with Gasteiger partial charge in [0.2, 0.25) is 0 Å². The second kappa shape index (κ2) is 8.95. The van der Waals surface area contributed by atoms with E-state index in [1.165, 1.54) is 16.7 Å². The van der Waals surface area contributed by atoms with Crippen molar-refractivity contribution in [3.8, 4) is 33.0 Å². The van der Waals surface area contributed by atoms with Gasteiger partial charge in [-0.05, 0) is 69.0 Å². The maximum atomic E-state index is 9.51. The SMILES string of the molecule is CCCN[C@@H]1CCc2c(-c3nnc(-c4ccc(OC(C)C)c(C#N)c4)s3)cccc21. The Morgan fingerprint density at radius 3 is 2.83 bits per heavy atom. The number of nitrogens with one attached hydrogen (secondary N) is 1. The zero-order valence-corrected chi connectivity index (χ0v) is 18.4. The number of nitriles is 1. The third-order valence-electron chi connectivity index (χ3n) is 5.28. The molecule has 154 valence electrons. The van der Waals surface area contributed by atoms with Crippen molar-refractivity contribution in [1.82, 2.24) is 15.5 Å². The highest BCUT2D eigenvalue weighted by atomic mass is 32.1. The molecule has 0 bridgehead atoms. The molecule has 0 saturated carbocycles. The van der Waals surface area contributed by atoms with Crippen LogP contribution in [-0.2, 0) is 6.42 Å². The van der Waals surface area contributed by atoms with E-state index in [4.69, 9.17) is 4.74 Å². The van der Waals surface area contributed by atoms with Gasteiger partial charge in [0.25, 0.3) is 0 Å². The van der Waals surface area contributed by atoms with Gasteiger partial charge in [0, 0.05) is 17.2 Å². The molecule has 1 aliphatic carbocycles. The molecule has 1 aliphatic rings. The monoisotopic (exact) mass is 418 g/mol. The minimum absolute atomic E-state index is 0.0203. The largest absolute Gasteiger partial charge is 0.490 e. The lowest BCUT2D eigenvalue weighted by Crippen LogP contribution is -2.19. The van der Waals surface area contributed by atoms with Gasteiger partial charge in [-0.2, -0.15) is 5.26 Å². The Labute approximate surface area is 181 Å². The van der Waals surface area contributed by atoms with Crippen molar-refractivity contribution in [2.45, 2.75) is 52.2 Å². The molecule has 0 aliphatic heterocycles. The number of hydrogen-bond donors (Lipinski definition) is 1. The van der Waals surface area contributed by atoms with E-state index < -0.39 is 0 Å². The van der Waals surface area contributed by atoms with Crippen LogP contribution in [0.4, 0.5) is 0 Å². The summed E-state index contributed by atoms with van der Waals surface area (Å²) >= 11 is 1.57. The maximum absolute atomic E-state index is 9.51. The van der Waals surface area contributed by atoms with Crippen LogP contribution >= 0.6 is 11.3 Å². The summed E-state index contributed by atoms with van der Waals surface area (Å²) in [6.45, 7) is 7.13. The topological polar surface area (TPSA) is 70.8 Å². The summed E-state index contributed by atoms with van der Waals surface area (Å²) in [6.07, 6.45) is 3.34. The third kappa shape index (κ3) is 4.09. The molecule has 0 fully saturated rings. The quantitative estimate of drug-likeness (QED) is 0.547. The van der Waals surface area contributed by atoms with Crippen LogP contribution in [0.2, 0.25) is 0 Å². The number of fused-ring (bicyclic) bond motifs is 1. The first kappa shape index (κ1) is 20.5. The number of nitrogens with zero attached hydrogens (tertiary/aromatic N) is 3. The Hall–Kier alpha value is -2.75. The van der Waals surface area contributed by atoms with Crippen molar-refractivity contribution >= 4 is 11.3 Å². The van der Waals surface area contributed by atoms with Gasteiger partial charge in [-0.25, -0.2) is 0 Å². The van der Waals surface area contributed by atoms with E-state index in [2.05, 4.69) is 46.7 Å². The molecular formula is C24H26N4OS. The molecular weight excluding hydrogens is 392 g/mol. The lowest BCUT2D eigenvalue weighted by atomic mass is 10.0. The lowest BCUT2D eigenvalue weighted by molar-refractivity contribution is 0.242. The first-order valence-electron chi connectivity index (χ1n) is 10.5. The van der Waals surface area contributed by atoms with E-state index in [0.29, 0.717) is 17.4 Å². The molecule has 4 rings (SSSR count). The molecule has 0 saturated heterocycles. The molecule has 6 heteroatoms. The Kier molecular flexibility index (Phi) is 6.12. The van der Waals surface area contributed by atoms with Crippen LogP contribution in [0.5, 0.6) is 5.75 Å². The second-order valence-corrected chi connectivity index (χ2v) is 8.80. The zero-order valence-electron chi connectivity index (χ0n) is 17.6. The van der Waals surface area contributed by atoms with E-state index >= 15 is 0 Å². The van der Waals surface area contributed by atoms with Gasteiger partial charge in [-0.3, -0.25) is 0 Å². The molecule has 0 amide bonds. The van der Waals surface area contributed by atoms with E-state index in [1.54, 1.807) is 11.3 Å². The van der Waals surface area contributed by atoms with Crippen LogP contribution in [0.3, 0.4) is 0 Å². The number of benzene rings is 2. The summed E-state index contributed by atoms with van der Waals surface area (Å²) in [7, 11) is 0. The molecule has 3 aromatic rings. The van der Waals surface area contributed by atoms with Gasteiger partial charge in [0.1, 0.15) is 21.8 Å². The summed E-state index contributed by atoms with van der Waals surface area (Å²) < 4.78 is 5.73. The first-order chi connectivity index (χ1) is 14.6. The van der Waals surface area contributed by atoms with E-state index in [1.807, 2.05) is 32.0 Å². The molecule has 5 nitrogen and oxygen atoms in total. The Balaban J connectivity index is 1.63. The maximum Gasteiger partial charge on any atom is 0.148 e. The summed E-state index contributed by atoms with van der Waals surface area (Å²) in [4.78, 5) is 0. The number of hydrogen-bond acceptors (Lipinski definition) is 6. The molecule has 1 atom stereocenters. The van der Waals surface area contributed by atoms with Crippen LogP contribution in [0.25, 0.3) is 21.1 Å². The molecule has 0 spiro atoms. The molecule has 2 aromatic carbocycles. The summed E-state index contributed by atoms with van der Waals surface area (Å²) in [6, 6.07) is 14.8. The smallest absolute Gasteiger partial charge is 0.148 e. The molecule has 1 aromatic heterocycles. The summed E-state index contributed by atoms with van der Waals surface area (Å²) in [5.41, 5.74) is 5.36. The first-order valence-corrected chi connectivity index (χ1v) is 11.3. The van der Waals surface area contributed by atoms with Gasteiger partial charge in [0.15, 0.2) is 0 Å². The van der Waals surface area contributed by atoms with Crippen LogP contribution in [0.15, 0.2) is 36.4 Å². The average molecular weight is 419 g/mol. The third-order valence-corrected chi connectivity index (χ3v) is 6.28. The predicted octanol–water partition coefficient (Wildman–Crippen LogP) is 5.52. The number of rotatable bonds is 7. The normalized spacial score (nSPS) is 15.2. The zero-order chi connectivity index (χ0) is 21.1. The van der Waals surface area contributed by atoms with E-state index in [0.717, 1.165) is 41.4 Å². The number of aromatic nitrogens is 2. The van der Waals surface area contributed by atoms with Crippen molar-refractivity contribution in [1.29, 1.82) is 5.26 Å². The Morgan fingerprint density at radius 2 is 2.07 bits per heavy atom. The second-order valence-electron chi connectivity index (χ2n) is 7.82. The van der Waals surface area contributed by atoms with Gasteiger partial charge >= 0.3 is 0 Å². The summed E-state index contributed by atoms with van der Waals surface area (Å²) in [5, 5.41) is 23.8. The van der Waals surface area contributed by atoms with Crippen LogP contribution in [0, 0.1) is 11.3 Å². The van der Waals surface area contributed by atoms with Crippen LogP contribution in [0.1, 0.15) is 56.3 Å². The highest BCUT2D eigenvalue weighted by Crippen LogP contribution is 2.40.